The maximum absolute atomic E-state index is 13.8. The highest BCUT2D eigenvalue weighted by molar-refractivity contribution is 5.98. The standard InChI is InChI=1S/C24H22F4N4O2/c25-18-5-3-15(4-6-18)13-32(23-21(22(29)33)2-1-7-31-23)19-8-17(24(26,27)28)9-20(10-19)34-14-16-11-30-12-16/h1-10,16,30H,11-14H2,(H2,29,33). The molecule has 0 atom stereocenters. The van der Waals surface area contributed by atoms with E-state index < -0.39 is 23.5 Å². The molecule has 3 N–H and O–H groups in total. The molecule has 34 heavy (non-hydrogen) atoms. The molecule has 1 aliphatic heterocycles. The fraction of sp³-hybridized carbons (Fsp3) is 0.250. The zero-order valence-electron chi connectivity index (χ0n) is 18.0. The van der Waals surface area contributed by atoms with E-state index in [0.29, 0.717) is 5.56 Å². The molecule has 0 bridgehead atoms. The third kappa shape index (κ3) is 5.45. The Morgan fingerprint density at radius 3 is 2.50 bits per heavy atom. The first-order valence-corrected chi connectivity index (χ1v) is 10.5. The number of nitrogens with zero attached hydrogens (tertiary/aromatic N) is 2. The quantitative estimate of drug-likeness (QED) is 0.477. The van der Waals surface area contributed by atoms with Crippen LogP contribution in [0.3, 0.4) is 0 Å². The van der Waals surface area contributed by atoms with Crippen molar-refractivity contribution in [3.05, 3.63) is 83.3 Å². The maximum Gasteiger partial charge on any atom is 0.416 e. The summed E-state index contributed by atoms with van der Waals surface area (Å²) in [5.74, 6) is -0.907. The molecule has 178 valence electrons. The summed E-state index contributed by atoms with van der Waals surface area (Å²) in [5, 5.41) is 3.09. The van der Waals surface area contributed by atoms with E-state index in [0.717, 1.165) is 25.2 Å². The van der Waals surface area contributed by atoms with Gasteiger partial charge < -0.3 is 20.7 Å². The lowest BCUT2D eigenvalue weighted by molar-refractivity contribution is -0.137. The number of amides is 1. The fourth-order valence-corrected chi connectivity index (χ4v) is 3.53. The lowest BCUT2D eigenvalue weighted by atomic mass is 10.1. The largest absolute Gasteiger partial charge is 0.493 e. The van der Waals surface area contributed by atoms with Crippen molar-refractivity contribution in [1.82, 2.24) is 10.3 Å². The van der Waals surface area contributed by atoms with Gasteiger partial charge in [0.15, 0.2) is 0 Å². The minimum atomic E-state index is -4.63. The van der Waals surface area contributed by atoms with Gasteiger partial charge in [0.25, 0.3) is 5.91 Å². The average Bonchev–Trinajstić information content (AvgIpc) is 2.77. The van der Waals surface area contributed by atoms with Crippen LogP contribution in [-0.4, -0.2) is 30.6 Å². The van der Waals surface area contributed by atoms with E-state index >= 15 is 0 Å². The zero-order valence-corrected chi connectivity index (χ0v) is 18.0. The summed E-state index contributed by atoms with van der Waals surface area (Å²) in [6.45, 7) is 1.74. The highest BCUT2D eigenvalue weighted by Crippen LogP contribution is 2.38. The van der Waals surface area contributed by atoms with Crippen LogP contribution in [0.1, 0.15) is 21.5 Å². The lowest BCUT2D eigenvalue weighted by Crippen LogP contribution is -2.45. The number of hydrogen-bond acceptors (Lipinski definition) is 5. The molecule has 0 saturated carbocycles. The summed E-state index contributed by atoms with van der Waals surface area (Å²) < 4.78 is 60.4. The monoisotopic (exact) mass is 474 g/mol. The Hall–Kier alpha value is -3.66. The second-order valence-electron chi connectivity index (χ2n) is 8.00. The molecule has 0 radical (unpaired) electrons. The van der Waals surface area contributed by atoms with Crippen LogP contribution in [0.25, 0.3) is 0 Å². The molecule has 1 amide bonds. The Balaban J connectivity index is 1.80. The van der Waals surface area contributed by atoms with Crippen molar-refractivity contribution in [3.63, 3.8) is 0 Å². The second-order valence-corrected chi connectivity index (χ2v) is 8.00. The third-order valence-electron chi connectivity index (χ3n) is 5.44. The molecule has 3 aromatic rings. The molecule has 2 heterocycles. The first-order chi connectivity index (χ1) is 16.2. The van der Waals surface area contributed by atoms with Crippen LogP contribution in [0.5, 0.6) is 5.75 Å². The number of anilines is 2. The van der Waals surface area contributed by atoms with E-state index in [2.05, 4.69) is 10.3 Å². The van der Waals surface area contributed by atoms with Gasteiger partial charge in [0.05, 0.1) is 17.7 Å². The Morgan fingerprint density at radius 2 is 1.88 bits per heavy atom. The average molecular weight is 474 g/mol. The van der Waals surface area contributed by atoms with Crippen molar-refractivity contribution in [2.24, 2.45) is 11.7 Å². The Bertz CT molecular complexity index is 1160. The van der Waals surface area contributed by atoms with Gasteiger partial charge in [-0.3, -0.25) is 4.79 Å². The molecule has 0 unspecified atom stereocenters. The number of alkyl halides is 3. The van der Waals surface area contributed by atoms with Gasteiger partial charge in [0.1, 0.15) is 17.4 Å². The topological polar surface area (TPSA) is 80.5 Å². The summed E-state index contributed by atoms with van der Waals surface area (Å²) in [6.07, 6.45) is -3.22. The second kappa shape index (κ2) is 9.68. The van der Waals surface area contributed by atoms with Crippen LogP contribution in [0, 0.1) is 11.7 Å². The minimum absolute atomic E-state index is 0.00483. The van der Waals surface area contributed by atoms with Gasteiger partial charge in [-0.25, -0.2) is 9.37 Å². The van der Waals surface area contributed by atoms with Crippen molar-refractivity contribution < 1.29 is 27.1 Å². The molecule has 0 aliphatic carbocycles. The molecular formula is C24H22F4N4O2. The van der Waals surface area contributed by atoms with Gasteiger partial charge in [-0.2, -0.15) is 13.2 Å². The number of benzene rings is 2. The first kappa shape index (κ1) is 23.5. The number of ether oxygens (including phenoxy) is 1. The van der Waals surface area contributed by atoms with Crippen molar-refractivity contribution in [2.75, 3.05) is 24.6 Å². The number of rotatable bonds is 8. The molecular weight excluding hydrogens is 452 g/mol. The summed E-state index contributed by atoms with van der Waals surface area (Å²) >= 11 is 0. The highest BCUT2D eigenvalue weighted by Gasteiger charge is 2.33. The van der Waals surface area contributed by atoms with Gasteiger partial charge in [0.2, 0.25) is 0 Å². The van der Waals surface area contributed by atoms with Crippen LogP contribution in [0.2, 0.25) is 0 Å². The molecule has 1 aromatic heterocycles. The highest BCUT2D eigenvalue weighted by atomic mass is 19.4. The minimum Gasteiger partial charge on any atom is -0.493 e. The van der Waals surface area contributed by atoms with Gasteiger partial charge >= 0.3 is 6.18 Å². The molecule has 1 saturated heterocycles. The van der Waals surface area contributed by atoms with E-state index in [-0.39, 0.29) is 41.9 Å². The molecule has 1 fully saturated rings. The number of halogens is 4. The number of primary amides is 1. The summed E-state index contributed by atoms with van der Waals surface area (Å²) in [4.78, 5) is 17.7. The summed E-state index contributed by atoms with van der Waals surface area (Å²) in [6, 6.07) is 11.8. The van der Waals surface area contributed by atoms with E-state index in [4.69, 9.17) is 10.5 Å². The molecule has 2 aromatic carbocycles. The maximum atomic E-state index is 13.8. The third-order valence-corrected chi connectivity index (χ3v) is 5.44. The SMILES string of the molecule is NC(=O)c1cccnc1N(Cc1ccc(F)cc1)c1cc(OCC2CNC2)cc(C(F)(F)F)c1. The number of pyridine rings is 1. The predicted molar refractivity (Wildman–Crippen MR) is 118 cm³/mol. The number of hydrogen-bond donors (Lipinski definition) is 2. The van der Waals surface area contributed by atoms with Crippen LogP contribution in [0.4, 0.5) is 29.1 Å². The summed E-state index contributed by atoms with van der Waals surface area (Å²) in [7, 11) is 0. The van der Waals surface area contributed by atoms with E-state index in [1.807, 2.05) is 0 Å². The van der Waals surface area contributed by atoms with Crippen molar-refractivity contribution in [2.45, 2.75) is 12.7 Å². The molecule has 6 nitrogen and oxygen atoms in total. The lowest BCUT2D eigenvalue weighted by Gasteiger charge is -2.29. The number of aromatic nitrogens is 1. The zero-order chi connectivity index (χ0) is 24.3. The smallest absolute Gasteiger partial charge is 0.416 e. The number of carbonyl (C=O) groups excluding carboxylic acids is 1. The van der Waals surface area contributed by atoms with Gasteiger partial charge in [-0.1, -0.05) is 12.1 Å². The number of nitrogens with one attached hydrogen (secondary N) is 1. The number of nitrogens with two attached hydrogens (primary N) is 1. The first-order valence-electron chi connectivity index (χ1n) is 10.5. The Kier molecular flexibility index (Phi) is 6.69. The van der Waals surface area contributed by atoms with Gasteiger partial charge in [0, 0.05) is 43.5 Å². The molecule has 10 heteroatoms. The normalized spacial score (nSPS) is 13.9. The van der Waals surface area contributed by atoms with Crippen LogP contribution in [0.15, 0.2) is 60.8 Å². The van der Waals surface area contributed by atoms with Crippen LogP contribution < -0.4 is 20.7 Å². The molecule has 0 spiro atoms. The van der Waals surface area contributed by atoms with Crippen LogP contribution >= 0.6 is 0 Å². The van der Waals surface area contributed by atoms with Crippen LogP contribution in [-0.2, 0) is 12.7 Å². The summed E-state index contributed by atoms with van der Waals surface area (Å²) in [5.41, 5.74) is 5.32. The molecule has 4 rings (SSSR count). The van der Waals surface area contributed by atoms with Crippen molar-refractivity contribution in [3.8, 4) is 5.75 Å². The molecule has 1 aliphatic rings. The van der Waals surface area contributed by atoms with E-state index in [1.54, 1.807) is 0 Å². The van der Waals surface area contributed by atoms with E-state index in [9.17, 15) is 22.4 Å². The van der Waals surface area contributed by atoms with Gasteiger partial charge in [-0.15, -0.1) is 0 Å². The Labute approximate surface area is 193 Å². The van der Waals surface area contributed by atoms with E-state index in [1.165, 1.54) is 53.6 Å². The van der Waals surface area contributed by atoms with Crippen molar-refractivity contribution >= 4 is 17.4 Å². The van der Waals surface area contributed by atoms with Crippen molar-refractivity contribution in [1.29, 1.82) is 0 Å². The Morgan fingerprint density at radius 1 is 1.15 bits per heavy atom. The number of carbonyl (C=O) groups is 1. The van der Waals surface area contributed by atoms with Gasteiger partial charge in [-0.05, 0) is 42.0 Å². The fourth-order valence-electron chi connectivity index (χ4n) is 3.53. The predicted octanol–water partition coefficient (Wildman–Crippen LogP) is 4.27.